The lowest BCUT2D eigenvalue weighted by Gasteiger charge is -2.35. The van der Waals surface area contributed by atoms with Crippen molar-refractivity contribution in [3.05, 3.63) is 46.2 Å². The second-order valence-electron chi connectivity index (χ2n) is 6.68. The first-order valence-corrected chi connectivity index (χ1v) is 10.3. The van der Waals surface area contributed by atoms with Crippen molar-refractivity contribution in [3.63, 3.8) is 0 Å². The molecular formula is C20H26N4O3S. The molecule has 0 N–H and O–H groups in total. The molecule has 1 unspecified atom stereocenters. The summed E-state index contributed by atoms with van der Waals surface area (Å²) >= 11 is 1.34. The highest BCUT2D eigenvalue weighted by Gasteiger charge is 2.25. The normalized spacial score (nSPS) is 16.8. The molecule has 7 nitrogen and oxygen atoms in total. The molecule has 0 spiro atoms. The molecular weight excluding hydrogens is 376 g/mol. The number of rotatable bonds is 5. The Morgan fingerprint density at radius 3 is 2.68 bits per heavy atom. The van der Waals surface area contributed by atoms with Gasteiger partial charge in [-0.05, 0) is 31.7 Å². The number of hydrogen-bond donors (Lipinski definition) is 0. The van der Waals surface area contributed by atoms with Crippen LogP contribution in [-0.4, -0.2) is 66.0 Å². The maximum atomic E-state index is 12.9. The molecule has 1 fully saturated rings. The van der Waals surface area contributed by atoms with E-state index in [0.29, 0.717) is 16.1 Å². The first-order chi connectivity index (χ1) is 13.5. The van der Waals surface area contributed by atoms with E-state index in [-0.39, 0.29) is 11.8 Å². The van der Waals surface area contributed by atoms with E-state index in [9.17, 15) is 9.59 Å². The van der Waals surface area contributed by atoms with Gasteiger partial charge in [0.1, 0.15) is 11.8 Å². The van der Waals surface area contributed by atoms with Crippen LogP contribution in [0.25, 0.3) is 0 Å². The first-order valence-electron chi connectivity index (χ1n) is 9.43. The fourth-order valence-corrected chi connectivity index (χ4v) is 4.03. The van der Waals surface area contributed by atoms with Gasteiger partial charge < -0.3 is 19.1 Å². The maximum Gasteiger partial charge on any atom is 0.279 e. The van der Waals surface area contributed by atoms with E-state index in [1.165, 1.54) is 11.3 Å². The maximum absolute atomic E-state index is 12.9. The zero-order valence-electron chi connectivity index (χ0n) is 16.5. The smallest absolute Gasteiger partial charge is 0.279 e. The Morgan fingerprint density at radius 2 is 2.00 bits per heavy atom. The highest BCUT2D eigenvalue weighted by molar-refractivity contribution is 7.07. The molecule has 2 amide bonds. The van der Waals surface area contributed by atoms with Crippen LogP contribution in [-0.2, 0) is 4.79 Å². The zero-order chi connectivity index (χ0) is 20.1. The molecule has 1 aliphatic rings. The number of piperazine rings is 1. The van der Waals surface area contributed by atoms with Crippen molar-refractivity contribution in [1.82, 2.24) is 14.4 Å². The van der Waals surface area contributed by atoms with Crippen LogP contribution in [0.3, 0.4) is 0 Å². The fourth-order valence-electron chi connectivity index (χ4n) is 3.24. The third-order valence-electron chi connectivity index (χ3n) is 5.04. The average Bonchev–Trinajstić information content (AvgIpc) is 3.20. The molecule has 0 aliphatic carbocycles. The molecule has 150 valence electrons. The van der Waals surface area contributed by atoms with Gasteiger partial charge in [0.05, 0.1) is 7.11 Å². The Labute approximate surface area is 168 Å². The predicted octanol–water partition coefficient (Wildman–Crippen LogP) is 2.02. The Bertz CT molecular complexity index is 897. The van der Waals surface area contributed by atoms with Gasteiger partial charge in [0.2, 0.25) is 5.91 Å². The summed E-state index contributed by atoms with van der Waals surface area (Å²) in [6.07, 6.45) is 1.81. The highest BCUT2D eigenvalue weighted by Crippen LogP contribution is 2.14. The van der Waals surface area contributed by atoms with Crippen LogP contribution in [0.5, 0.6) is 5.75 Å². The zero-order valence-corrected chi connectivity index (χ0v) is 17.3. The second kappa shape index (κ2) is 9.16. The fraction of sp³-hybridized carbons (Fsp3) is 0.450. The van der Waals surface area contributed by atoms with Gasteiger partial charge >= 0.3 is 0 Å². The van der Waals surface area contributed by atoms with Crippen LogP contribution in [0.2, 0.25) is 0 Å². The summed E-state index contributed by atoms with van der Waals surface area (Å²) in [6, 6.07) is 6.49. The van der Waals surface area contributed by atoms with E-state index >= 15 is 0 Å². The number of amides is 2. The van der Waals surface area contributed by atoms with Gasteiger partial charge in [0, 0.05) is 43.3 Å². The largest absolute Gasteiger partial charge is 0.497 e. The first kappa shape index (κ1) is 20.3. The van der Waals surface area contributed by atoms with E-state index in [0.717, 1.165) is 32.7 Å². The van der Waals surface area contributed by atoms with Crippen LogP contribution in [0.15, 0.2) is 40.8 Å². The number of benzene rings is 1. The molecule has 2 aromatic rings. The summed E-state index contributed by atoms with van der Waals surface area (Å²) in [4.78, 5) is 34.5. The SMILES string of the molecule is CCN1CCN(C(=O)C(C)n2ccsc2=NC(=O)c2cccc(OC)c2)CC1. The van der Waals surface area contributed by atoms with Gasteiger partial charge in [0.25, 0.3) is 5.91 Å². The summed E-state index contributed by atoms with van der Waals surface area (Å²) in [5, 5.41) is 1.84. The minimum Gasteiger partial charge on any atom is -0.497 e. The Morgan fingerprint density at radius 1 is 1.25 bits per heavy atom. The summed E-state index contributed by atoms with van der Waals surface area (Å²) in [5.74, 6) is 0.311. The van der Waals surface area contributed by atoms with E-state index in [4.69, 9.17) is 4.74 Å². The van der Waals surface area contributed by atoms with Gasteiger partial charge in [0.15, 0.2) is 4.80 Å². The molecule has 0 radical (unpaired) electrons. The van der Waals surface area contributed by atoms with E-state index < -0.39 is 6.04 Å². The van der Waals surface area contributed by atoms with Crippen molar-refractivity contribution in [2.75, 3.05) is 39.8 Å². The Kier molecular flexibility index (Phi) is 6.64. The van der Waals surface area contributed by atoms with E-state index in [1.807, 2.05) is 23.4 Å². The summed E-state index contributed by atoms with van der Waals surface area (Å²) in [6.45, 7) is 8.26. The van der Waals surface area contributed by atoms with Crippen molar-refractivity contribution in [2.24, 2.45) is 4.99 Å². The van der Waals surface area contributed by atoms with E-state index in [2.05, 4.69) is 16.8 Å². The number of carbonyl (C=O) groups excluding carboxylic acids is 2. The highest BCUT2D eigenvalue weighted by atomic mass is 32.1. The molecule has 1 aliphatic heterocycles. The van der Waals surface area contributed by atoms with Crippen molar-refractivity contribution >= 4 is 23.2 Å². The Hall–Kier alpha value is -2.45. The lowest BCUT2D eigenvalue weighted by molar-refractivity contribution is -0.136. The molecule has 1 saturated heterocycles. The van der Waals surface area contributed by atoms with Gasteiger partial charge in [-0.25, -0.2) is 0 Å². The average molecular weight is 403 g/mol. The number of methoxy groups -OCH3 is 1. The summed E-state index contributed by atoms with van der Waals surface area (Å²) < 4.78 is 6.94. The number of carbonyl (C=O) groups is 2. The van der Waals surface area contributed by atoms with Crippen LogP contribution in [0.4, 0.5) is 0 Å². The number of hydrogen-bond acceptors (Lipinski definition) is 5. The number of thiazole rings is 1. The molecule has 1 aromatic carbocycles. The standard InChI is InChI=1S/C20H26N4O3S/c1-4-22-8-10-23(11-9-22)19(26)15(2)24-12-13-28-20(24)21-18(25)16-6-5-7-17(14-16)27-3/h5-7,12-15H,4,8-11H2,1-3H3. The van der Waals surface area contributed by atoms with Crippen LogP contribution < -0.4 is 9.54 Å². The van der Waals surface area contributed by atoms with Crippen molar-refractivity contribution in [2.45, 2.75) is 19.9 Å². The van der Waals surface area contributed by atoms with Gasteiger partial charge in [-0.15, -0.1) is 11.3 Å². The molecule has 8 heteroatoms. The summed E-state index contributed by atoms with van der Waals surface area (Å²) in [7, 11) is 1.56. The van der Waals surface area contributed by atoms with Crippen LogP contribution in [0.1, 0.15) is 30.2 Å². The molecule has 0 bridgehead atoms. The third-order valence-corrected chi connectivity index (χ3v) is 5.81. The third kappa shape index (κ3) is 4.51. The minimum absolute atomic E-state index is 0.0597. The van der Waals surface area contributed by atoms with Crippen molar-refractivity contribution in [3.8, 4) is 5.75 Å². The number of nitrogens with zero attached hydrogens (tertiary/aromatic N) is 4. The molecule has 2 heterocycles. The molecule has 1 aromatic heterocycles. The minimum atomic E-state index is -0.406. The lowest BCUT2D eigenvalue weighted by atomic mass is 10.2. The number of likely N-dealkylation sites (N-methyl/N-ethyl adjacent to an activating group) is 1. The molecule has 1 atom stereocenters. The number of ether oxygens (including phenoxy) is 1. The van der Waals surface area contributed by atoms with Crippen LogP contribution >= 0.6 is 11.3 Å². The molecule has 3 rings (SSSR count). The van der Waals surface area contributed by atoms with Gasteiger partial charge in [-0.2, -0.15) is 4.99 Å². The number of aromatic nitrogens is 1. The van der Waals surface area contributed by atoms with E-state index in [1.54, 1.807) is 35.9 Å². The van der Waals surface area contributed by atoms with Gasteiger partial charge in [-0.3, -0.25) is 9.59 Å². The monoisotopic (exact) mass is 402 g/mol. The second-order valence-corrected chi connectivity index (χ2v) is 7.55. The molecule has 0 saturated carbocycles. The lowest BCUT2D eigenvalue weighted by Crippen LogP contribution is -2.50. The summed E-state index contributed by atoms with van der Waals surface area (Å²) in [5.41, 5.74) is 0.453. The van der Waals surface area contributed by atoms with Crippen molar-refractivity contribution < 1.29 is 14.3 Å². The van der Waals surface area contributed by atoms with Crippen LogP contribution in [0, 0.1) is 0 Å². The van der Waals surface area contributed by atoms with Crippen molar-refractivity contribution in [1.29, 1.82) is 0 Å². The molecule has 28 heavy (non-hydrogen) atoms. The quantitative estimate of drug-likeness (QED) is 0.768. The predicted molar refractivity (Wildman–Crippen MR) is 109 cm³/mol. The topological polar surface area (TPSA) is 67.1 Å². The van der Waals surface area contributed by atoms with Gasteiger partial charge in [-0.1, -0.05) is 13.0 Å². The Balaban J connectivity index is 1.77.